The fourth-order valence-corrected chi connectivity index (χ4v) is 2.37. The van der Waals surface area contributed by atoms with Gasteiger partial charge in [-0.15, -0.1) is 6.58 Å². The lowest BCUT2D eigenvalue weighted by atomic mass is 9.75. The molecule has 0 saturated heterocycles. The number of hydrogen-bond donors (Lipinski definition) is 0. The fraction of sp³-hybridized carbons (Fsp3) is 0.750. The Hall–Kier alpha value is -0.630. The topological polar surface area (TPSA) is 26.3 Å². The minimum absolute atomic E-state index is 0.196. The molecule has 1 aliphatic carbocycles. The van der Waals surface area contributed by atoms with Crippen LogP contribution < -0.4 is 0 Å². The Morgan fingerprint density at radius 3 is 2.93 bits per heavy atom. The first-order valence-corrected chi connectivity index (χ1v) is 5.34. The third kappa shape index (κ3) is 2.24. The molecule has 1 saturated carbocycles. The highest BCUT2D eigenvalue weighted by Crippen LogP contribution is 2.36. The summed E-state index contributed by atoms with van der Waals surface area (Å²) in [5, 5.41) is 0. The van der Waals surface area contributed by atoms with E-state index in [0.717, 1.165) is 19.3 Å². The molecule has 2 nitrogen and oxygen atoms in total. The van der Waals surface area contributed by atoms with Crippen LogP contribution in [0.1, 0.15) is 39.0 Å². The van der Waals surface area contributed by atoms with Crippen molar-refractivity contribution in [1.29, 1.82) is 0 Å². The van der Waals surface area contributed by atoms with Crippen LogP contribution >= 0.6 is 0 Å². The SMILES string of the molecule is C=CCC(=O)C1(OC)CCCC(C)C1. The van der Waals surface area contributed by atoms with E-state index in [4.69, 9.17) is 4.74 Å². The molecule has 0 aliphatic heterocycles. The van der Waals surface area contributed by atoms with Crippen molar-refractivity contribution in [1.82, 2.24) is 0 Å². The average Bonchev–Trinajstić information content (AvgIpc) is 2.18. The maximum atomic E-state index is 11.9. The highest BCUT2D eigenvalue weighted by atomic mass is 16.5. The third-order valence-corrected chi connectivity index (χ3v) is 3.18. The molecular formula is C12H20O2. The number of allylic oxidation sites excluding steroid dienone is 1. The number of hydrogen-bond acceptors (Lipinski definition) is 2. The molecule has 0 heterocycles. The van der Waals surface area contributed by atoms with Gasteiger partial charge in [0.1, 0.15) is 5.60 Å². The molecule has 1 fully saturated rings. The number of carbonyl (C=O) groups is 1. The number of ketones is 1. The quantitative estimate of drug-likeness (QED) is 0.646. The zero-order valence-electron chi connectivity index (χ0n) is 9.21. The summed E-state index contributed by atoms with van der Waals surface area (Å²) in [7, 11) is 1.65. The van der Waals surface area contributed by atoms with Crippen molar-refractivity contribution in [3.05, 3.63) is 12.7 Å². The summed E-state index contributed by atoms with van der Waals surface area (Å²) < 4.78 is 5.47. The molecule has 1 rings (SSSR count). The summed E-state index contributed by atoms with van der Waals surface area (Å²) in [6.07, 6.45) is 6.16. The van der Waals surface area contributed by atoms with Gasteiger partial charge in [-0.3, -0.25) is 4.79 Å². The lowest BCUT2D eigenvalue weighted by molar-refractivity contribution is -0.146. The monoisotopic (exact) mass is 196 g/mol. The van der Waals surface area contributed by atoms with E-state index >= 15 is 0 Å². The summed E-state index contributed by atoms with van der Waals surface area (Å²) in [5.41, 5.74) is -0.508. The molecule has 14 heavy (non-hydrogen) atoms. The summed E-state index contributed by atoms with van der Waals surface area (Å²) in [6, 6.07) is 0. The Kier molecular flexibility index (Phi) is 3.87. The maximum Gasteiger partial charge on any atom is 0.168 e. The lowest BCUT2D eigenvalue weighted by Crippen LogP contribution is -2.44. The van der Waals surface area contributed by atoms with E-state index in [1.807, 2.05) is 0 Å². The van der Waals surface area contributed by atoms with E-state index in [9.17, 15) is 4.79 Å². The summed E-state index contributed by atoms with van der Waals surface area (Å²) >= 11 is 0. The first-order valence-electron chi connectivity index (χ1n) is 5.34. The first kappa shape index (κ1) is 11.4. The largest absolute Gasteiger partial charge is 0.370 e. The predicted molar refractivity (Wildman–Crippen MR) is 57.2 cm³/mol. The normalized spacial score (nSPS) is 32.6. The molecule has 0 bridgehead atoms. The summed E-state index contributed by atoms with van der Waals surface area (Å²) in [6.45, 7) is 5.79. The Labute approximate surface area is 86.3 Å². The van der Waals surface area contributed by atoms with Crippen molar-refractivity contribution >= 4 is 5.78 Å². The Morgan fingerprint density at radius 1 is 1.71 bits per heavy atom. The van der Waals surface area contributed by atoms with Crippen LogP contribution in [0.15, 0.2) is 12.7 Å². The van der Waals surface area contributed by atoms with Crippen LogP contribution in [-0.4, -0.2) is 18.5 Å². The molecule has 0 aromatic heterocycles. The van der Waals surface area contributed by atoms with Gasteiger partial charge in [0.2, 0.25) is 0 Å². The Balaban J connectivity index is 2.73. The fourth-order valence-electron chi connectivity index (χ4n) is 2.37. The van der Waals surface area contributed by atoms with Crippen molar-refractivity contribution in [2.24, 2.45) is 5.92 Å². The number of ether oxygens (including phenoxy) is 1. The van der Waals surface area contributed by atoms with Crippen LogP contribution in [0.3, 0.4) is 0 Å². The lowest BCUT2D eigenvalue weighted by Gasteiger charge is -2.37. The molecule has 2 heteroatoms. The van der Waals surface area contributed by atoms with Crippen molar-refractivity contribution in [3.63, 3.8) is 0 Å². The minimum Gasteiger partial charge on any atom is -0.370 e. The summed E-state index contributed by atoms with van der Waals surface area (Å²) in [5.74, 6) is 0.791. The number of Topliss-reactive ketones (excluding diaryl/α,β-unsaturated/α-hetero) is 1. The van der Waals surface area contributed by atoms with Crippen LogP contribution in [-0.2, 0) is 9.53 Å². The van der Waals surface area contributed by atoms with E-state index in [2.05, 4.69) is 13.5 Å². The van der Waals surface area contributed by atoms with E-state index < -0.39 is 5.60 Å². The van der Waals surface area contributed by atoms with Gasteiger partial charge in [-0.25, -0.2) is 0 Å². The molecule has 0 aromatic carbocycles. The standard InChI is InChI=1S/C12H20O2/c1-4-6-11(13)12(14-3)8-5-7-10(2)9-12/h4,10H,1,5-9H2,2-3H3. The van der Waals surface area contributed by atoms with Crippen molar-refractivity contribution in [2.75, 3.05) is 7.11 Å². The van der Waals surface area contributed by atoms with Gasteiger partial charge in [0, 0.05) is 13.5 Å². The van der Waals surface area contributed by atoms with Crippen molar-refractivity contribution in [2.45, 2.75) is 44.6 Å². The van der Waals surface area contributed by atoms with Gasteiger partial charge in [0.05, 0.1) is 0 Å². The first-order chi connectivity index (χ1) is 6.64. The maximum absolute atomic E-state index is 11.9. The van der Waals surface area contributed by atoms with Gasteiger partial charge < -0.3 is 4.74 Å². The van der Waals surface area contributed by atoms with Gasteiger partial charge in [-0.05, 0) is 25.2 Å². The predicted octanol–water partition coefficient (Wildman–Crippen LogP) is 2.73. The second-order valence-electron chi connectivity index (χ2n) is 4.32. The van der Waals surface area contributed by atoms with Gasteiger partial charge >= 0.3 is 0 Å². The Bertz CT molecular complexity index is 222. The molecule has 0 amide bonds. The van der Waals surface area contributed by atoms with E-state index in [1.165, 1.54) is 6.42 Å². The molecule has 2 atom stereocenters. The molecule has 2 unspecified atom stereocenters. The smallest absolute Gasteiger partial charge is 0.168 e. The molecule has 0 aromatic rings. The van der Waals surface area contributed by atoms with Crippen LogP contribution in [0.5, 0.6) is 0 Å². The number of methoxy groups -OCH3 is 1. The number of carbonyl (C=O) groups excluding carboxylic acids is 1. The average molecular weight is 196 g/mol. The molecule has 0 radical (unpaired) electrons. The molecular weight excluding hydrogens is 176 g/mol. The van der Waals surface area contributed by atoms with E-state index in [-0.39, 0.29) is 5.78 Å². The third-order valence-electron chi connectivity index (χ3n) is 3.18. The van der Waals surface area contributed by atoms with Gasteiger partial charge in [0.25, 0.3) is 0 Å². The zero-order chi connectivity index (χ0) is 10.6. The van der Waals surface area contributed by atoms with Gasteiger partial charge in [0.15, 0.2) is 5.78 Å². The number of rotatable bonds is 4. The van der Waals surface area contributed by atoms with Gasteiger partial charge in [-0.2, -0.15) is 0 Å². The van der Waals surface area contributed by atoms with E-state index in [0.29, 0.717) is 12.3 Å². The highest BCUT2D eigenvalue weighted by Gasteiger charge is 2.40. The molecule has 0 spiro atoms. The van der Waals surface area contributed by atoms with Crippen molar-refractivity contribution < 1.29 is 9.53 Å². The zero-order valence-corrected chi connectivity index (χ0v) is 9.21. The van der Waals surface area contributed by atoms with Gasteiger partial charge in [-0.1, -0.05) is 19.4 Å². The Morgan fingerprint density at radius 2 is 2.43 bits per heavy atom. The van der Waals surface area contributed by atoms with Crippen LogP contribution in [0.4, 0.5) is 0 Å². The molecule has 1 aliphatic rings. The molecule has 0 N–H and O–H groups in total. The second-order valence-corrected chi connectivity index (χ2v) is 4.32. The highest BCUT2D eigenvalue weighted by molar-refractivity contribution is 5.88. The van der Waals surface area contributed by atoms with Crippen LogP contribution in [0.25, 0.3) is 0 Å². The second kappa shape index (κ2) is 4.74. The van der Waals surface area contributed by atoms with Crippen LogP contribution in [0.2, 0.25) is 0 Å². The minimum atomic E-state index is -0.508. The summed E-state index contributed by atoms with van der Waals surface area (Å²) in [4.78, 5) is 11.9. The van der Waals surface area contributed by atoms with Crippen LogP contribution in [0, 0.1) is 5.92 Å². The van der Waals surface area contributed by atoms with E-state index in [1.54, 1.807) is 13.2 Å². The molecule has 80 valence electrons. The van der Waals surface area contributed by atoms with Crippen molar-refractivity contribution in [3.8, 4) is 0 Å².